The van der Waals surface area contributed by atoms with Crippen molar-refractivity contribution in [2.45, 2.75) is 18.7 Å². The molecule has 1 aromatic carbocycles. The van der Waals surface area contributed by atoms with Crippen LogP contribution in [0.3, 0.4) is 0 Å². The highest BCUT2D eigenvalue weighted by Gasteiger charge is 2.19. The van der Waals surface area contributed by atoms with Gasteiger partial charge in [-0.25, -0.2) is 8.78 Å². The van der Waals surface area contributed by atoms with Crippen molar-refractivity contribution in [2.24, 2.45) is 0 Å². The molecule has 1 unspecified atom stereocenters. The Labute approximate surface area is 111 Å². The van der Waals surface area contributed by atoms with E-state index in [4.69, 9.17) is 0 Å². The molecule has 0 amide bonds. The maximum absolute atomic E-state index is 13.8. The van der Waals surface area contributed by atoms with E-state index in [0.29, 0.717) is 11.1 Å². The van der Waals surface area contributed by atoms with Gasteiger partial charge in [0.05, 0.1) is 4.83 Å². The fraction of sp³-hybridized carbons (Fsp3) is 0.231. The number of thiophene rings is 1. The predicted octanol–water partition coefficient (Wildman–Crippen LogP) is 5.13. The minimum Gasteiger partial charge on any atom is -0.207 e. The van der Waals surface area contributed by atoms with Gasteiger partial charge in [0.25, 0.3) is 0 Å². The van der Waals surface area contributed by atoms with Gasteiger partial charge in [-0.3, -0.25) is 0 Å². The molecule has 0 radical (unpaired) electrons. The van der Waals surface area contributed by atoms with Crippen molar-refractivity contribution in [1.29, 1.82) is 0 Å². The Kier molecular flexibility index (Phi) is 3.64. The highest BCUT2D eigenvalue weighted by molar-refractivity contribution is 9.09. The predicted molar refractivity (Wildman–Crippen MR) is 70.9 cm³/mol. The van der Waals surface area contributed by atoms with Crippen molar-refractivity contribution in [3.8, 4) is 0 Å². The van der Waals surface area contributed by atoms with Crippen molar-refractivity contribution in [3.63, 3.8) is 0 Å². The zero-order valence-electron chi connectivity index (χ0n) is 9.43. The highest BCUT2D eigenvalue weighted by Crippen LogP contribution is 2.36. The number of hydrogen-bond acceptors (Lipinski definition) is 1. The fourth-order valence-electron chi connectivity index (χ4n) is 1.65. The van der Waals surface area contributed by atoms with E-state index in [1.165, 1.54) is 12.1 Å². The Bertz CT molecular complexity index is 548. The third-order valence-electron chi connectivity index (χ3n) is 2.72. The first kappa shape index (κ1) is 12.7. The van der Waals surface area contributed by atoms with Crippen LogP contribution in [0.25, 0.3) is 0 Å². The second-order valence-electron chi connectivity index (χ2n) is 4.00. The van der Waals surface area contributed by atoms with Crippen LogP contribution < -0.4 is 0 Å². The maximum atomic E-state index is 13.8. The van der Waals surface area contributed by atoms with E-state index in [0.717, 1.165) is 11.1 Å². The third kappa shape index (κ3) is 2.43. The molecule has 0 nitrogen and oxygen atoms in total. The smallest absolute Gasteiger partial charge is 0.128 e. The summed E-state index contributed by atoms with van der Waals surface area (Å²) >= 11 is 4.99. The van der Waals surface area contributed by atoms with Crippen molar-refractivity contribution >= 4 is 27.3 Å². The minimum atomic E-state index is -0.378. The Morgan fingerprint density at radius 3 is 2.29 bits per heavy atom. The van der Waals surface area contributed by atoms with Crippen molar-refractivity contribution in [2.75, 3.05) is 0 Å². The molecule has 17 heavy (non-hydrogen) atoms. The van der Waals surface area contributed by atoms with Crippen LogP contribution >= 0.6 is 27.3 Å². The van der Waals surface area contributed by atoms with E-state index < -0.39 is 0 Å². The summed E-state index contributed by atoms with van der Waals surface area (Å²) in [5, 5.41) is 3.94. The van der Waals surface area contributed by atoms with Gasteiger partial charge in [-0.1, -0.05) is 15.9 Å². The van der Waals surface area contributed by atoms with Crippen LogP contribution in [0.1, 0.15) is 27.1 Å². The van der Waals surface area contributed by atoms with Gasteiger partial charge in [0.1, 0.15) is 11.6 Å². The Hall–Kier alpha value is -0.740. The molecule has 0 saturated carbocycles. The van der Waals surface area contributed by atoms with Crippen LogP contribution in [0.4, 0.5) is 8.78 Å². The standard InChI is InChI=1S/C13H11BrF2S/c1-7-3-12(16)9(4-11(7)15)13(14)10-6-17-5-8(10)2/h3-6,13H,1-2H3. The van der Waals surface area contributed by atoms with Crippen LogP contribution in [0.2, 0.25) is 0 Å². The molecule has 0 aliphatic heterocycles. The SMILES string of the molecule is Cc1cc(F)c(C(Br)c2cscc2C)cc1F. The molecule has 1 aromatic heterocycles. The highest BCUT2D eigenvalue weighted by atomic mass is 79.9. The van der Waals surface area contributed by atoms with Crippen LogP contribution in [0, 0.1) is 25.5 Å². The van der Waals surface area contributed by atoms with Gasteiger partial charge < -0.3 is 0 Å². The van der Waals surface area contributed by atoms with Gasteiger partial charge >= 0.3 is 0 Å². The van der Waals surface area contributed by atoms with Crippen LogP contribution in [0.5, 0.6) is 0 Å². The topological polar surface area (TPSA) is 0 Å². The molecule has 0 fully saturated rings. The molecule has 1 heterocycles. The van der Waals surface area contributed by atoms with Crippen molar-refractivity contribution < 1.29 is 8.78 Å². The maximum Gasteiger partial charge on any atom is 0.128 e. The summed E-state index contributed by atoms with van der Waals surface area (Å²) in [6, 6.07) is 2.50. The van der Waals surface area contributed by atoms with Crippen molar-refractivity contribution in [1.82, 2.24) is 0 Å². The average molecular weight is 317 g/mol. The molecule has 0 saturated heterocycles. The lowest BCUT2D eigenvalue weighted by atomic mass is 10.0. The monoisotopic (exact) mass is 316 g/mol. The molecule has 0 aliphatic carbocycles. The number of hydrogen-bond donors (Lipinski definition) is 0. The van der Waals surface area contributed by atoms with E-state index in [1.54, 1.807) is 18.3 Å². The normalized spacial score (nSPS) is 12.8. The van der Waals surface area contributed by atoms with Gasteiger partial charge in [0.15, 0.2) is 0 Å². The molecular formula is C13H11BrF2S. The van der Waals surface area contributed by atoms with Crippen LogP contribution in [-0.2, 0) is 0 Å². The summed E-state index contributed by atoms with van der Waals surface area (Å²) in [6.07, 6.45) is 0. The molecule has 0 N–H and O–H groups in total. The number of aryl methyl sites for hydroxylation is 2. The minimum absolute atomic E-state index is 0.302. The first-order valence-electron chi connectivity index (χ1n) is 5.13. The molecule has 90 valence electrons. The Balaban J connectivity index is 2.48. The van der Waals surface area contributed by atoms with Crippen LogP contribution in [-0.4, -0.2) is 0 Å². The van der Waals surface area contributed by atoms with Crippen LogP contribution in [0.15, 0.2) is 22.9 Å². The van der Waals surface area contributed by atoms with Gasteiger partial charge in [-0.05, 0) is 53.4 Å². The average Bonchev–Trinajstić information content (AvgIpc) is 2.69. The Morgan fingerprint density at radius 1 is 1.00 bits per heavy atom. The number of benzene rings is 1. The lowest BCUT2D eigenvalue weighted by Crippen LogP contribution is -1.99. The summed E-state index contributed by atoms with van der Waals surface area (Å²) in [5.41, 5.74) is 2.73. The van der Waals surface area contributed by atoms with Gasteiger partial charge in [0.2, 0.25) is 0 Å². The van der Waals surface area contributed by atoms with E-state index in [9.17, 15) is 8.78 Å². The van der Waals surface area contributed by atoms with Gasteiger partial charge in [0, 0.05) is 5.56 Å². The second-order valence-corrected chi connectivity index (χ2v) is 5.65. The van der Waals surface area contributed by atoms with Crippen molar-refractivity contribution in [3.05, 3.63) is 56.8 Å². The molecule has 4 heteroatoms. The second kappa shape index (κ2) is 4.86. The molecule has 2 aromatic rings. The summed E-state index contributed by atoms with van der Waals surface area (Å²) in [7, 11) is 0. The third-order valence-corrected chi connectivity index (χ3v) is 4.59. The molecule has 1 atom stereocenters. The summed E-state index contributed by atoms with van der Waals surface area (Å²) in [5.74, 6) is -0.755. The number of rotatable bonds is 2. The zero-order valence-corrected chi connectivity index (χ0v) is 11.8. The number of halogens is 3. The Morgan fingerprint density at radius 2 is 1.71 bits per heavy atom. The lowest BCUT2D eigenvalue weighted by Gasteiger charge is -2.12. The van der Waals surface area contributed by atoms with E-state index in [2.05, 4.69) is 15.9 Å². The lowest BCUT2D eigenvalue weighted by molar-refractivity contribution is 0.581. The molecule has 0 bridgehead atoms. The summed E-state index contributed by atoms with van der Waals surface area (Å²) < 4.78 is 27.3. The first-order chi connectivity index (χ1) is 8.00. The number of alkyl halides is 1. The largest absolute Gasteiger partial charge is 0.207 e. The van der Waals surface area contributed by atoms with E-state index >= 15 is 0 Å². The first-order valence-corrected chi connectivity index (χ1v) is 6.99. The molecule has 2 rings (SSSR count). The molecule has 0 spiro atoms. The van der Waals surface area contributed by atoms with E-state index in [-0.39, 0.29) is 16.5 Å². The van der Waals surface area contributed by atoms with E-state index in [1.807, 2.05) is 17.7 Å². The van der Waals surface area contributed by atoms with Gasteiger partial charge in [-0.2, -0.15) is 11.3 Å². The summed E-state index contributed by atoms with van der Waals surface area (Å²) in [4.78, 5) is -0.302. The molecular weight excluding hydrogens is 306 g/mol. The van der Waals surface area contributed by atoms with Gasteiger partial charge in [-0.15, -0.1) is 0 Å². The summed E-state index contributed by atoms with van der Waals surface area (Å²) in [6.45, 7) is 3.52. The fourth-order valence-corrected chi connectivity index (χ4v) is 3.55. The zero-order chi connectivity index (χ0) is 12.6. The quantitative estimate of drug-likeness (QED) is 0.674. The molecule has 0 aliphatic rings.